The monoisotopic (exact) mass is 416 g/mol. The topological polar surface area (TPSA) is 70.8 Å². The summed E-state index contributed by atoms with van der Waals surface area (Å²) < 4.78 is 0.918. The molecule has 2 amide bonds. The second kappa shape index (κ2) is 7.13. The lowest BCUT2D eigenvalue weighted by Crippen LogP contribution is -3.19. The number of hydrogen-bond donors (Lipinski definition) is 1. The maximum Gasteiger partial charge on any atom is 0.292 e. The average Bonchev–Trinajstić information content (AvgIpc) is 2.98. The first kappa shape index (κ1) is 17.1. The molecule has 1 N–H and O–H groups in total. The van der Waals surface area contributed by atoms with E-state index < -0.39 is 0 Å². The van der Waals surface area contributed by atoms with Crippen molar-refractivity contribution in [1.82, 2.24) is 9.97 Å². The Labute approximate surface area is 159 Å². The van der Waals surface area contributed by atoms with E-state index in [0.717, 1.165) is 41.5 Å². The predicted octanol–water partition coefficient (Wildman–Crippen LogP) is 0.276. The van der Waals surface area contributed by atoms with Crippen LogP contribution in [0.3, 0.4) is 0 Å². The summed E-state index contributed by atoms with van der Waals surface area (Å²) in [5.41, 5.74) is 0.640. The number of aromatic nitrogens is 2. The van der Waals surface area contributed by atoms with Crippen molar-refractivity contribution in [3.8, 4) is 0 Å². The number of imide groups is 1. The standard InChI is InChI=1S/C18H18BrN5O2/c19-13-2-4-14(5-3-13)24-16(25)12-15(17(24)26)22-8-10-23(11-9-22)18-20-6-1-7-21-18/h1-7,15H,8-12H2/p+1/t15-/m0/s1. The van der Waals surface area contributed by atoms with Gasteiger partial charge in [0, 0.05) is 16.9 Å². The zero-order chi connectivity index (χ0) is 18.1. The second-order valence-electron chi connectivity index (χ2n) is 6.49. The van der Waals surface area contributed by atoms with Crippen LogP contribution in [0.2, 0.25) is 0 Å². The van der Waals surface area contributed by atoms with Crippen molar-refractivity contribution in [2.45, 2.75) is 12.5 Å². The summed E-state index contributed by atoms with van der Waals surface area (Å²) in [6.45, 7) is 3.12. The summed E-state index contributed by atoms with van der Waals surface area (Å²) in [5, 5.41) is 0. The number of nitrogens with zero attached hydrogens (tertiary/aromatic N) is 4. The summed E-state index contributed by atoms with van der Waals surface area (Å²) in [7, 11) is 0. The molecule has 7 nitrogen and oxygen atoms in total. The van der Waals surface area contributed by atoms with Gasteiger partial charge in [-0.3, -0.25) is 9.59 Å². The Morgan fingerprint density at radius 2 is 1.69 bits per heavy atom. The van der Waals surface area contributed by atoms with E-state index >= 15 is 0 Å². The van der Waals surface area contributed by atoms with Gasteiger partial charge in [0.2, 0.25) is 11.9 Å². The molecule has 2 saturated heterocycles. The summed E-state index contributed by atoms with van der Waals surface area (Å²) in [5.74, 6) is 0.497. The lowest BCUT2D eigenvalue weighted by atomic mass is 10.2. The minimum absolute atomic E-state index is 0.100. The largest absolute Gasteiger partial charge is 0.330 e. The normalized spacial score (nSPS) is 21.5. The third kappa shape index (κ3) is 3.22. The zero-order valence-electron chi connectivity index (χ0n) is 14.1. The number of benzene rings is 1. The first-order valence-corrected chi connectivity index (χ1v) is 9.42. The number of amides is 2. The van der Waals surface area contributed by atoms with Gasteiger partial charge in [-0.15, -0.1) is 0 Å². The van der Waals surface area contributed by atoms with Gasteiger partial charge in [-0.1, -0.05) is 15.9 Å². The van der Waals surface area contributed by atoms with Crippen LogP contribution in [-0.4, -0.2) is 54.0 Å². The van der Waals surface area contributed by atoms with Crippen LogP contribution in [-0.2, 0) is 9.59 Å². The Kier molecular flexibility index (Phi) is 4.69. The minimum Gasteiger partial charge on any atom is -0.330 e. The lowest BCUT2D eigenvalue weighted by molar-refractivity contribution is -0.915. The molecule has 1 atom stereocenters. The smallest absolute Gasteiger partial charge is 0.292 e. The van der Waals surface area contributed by atoms with Gasteiger partial charge in [0.05, 0.1) is 38.3 Å². The fourth-order valence-corrected chi connectivity index (χ4v) is 3.87. The number of carbonyl (C=O) groups excluding carboxylic acids is 2. The fourth-order valence-electron chi connectivity index (χ4n) is 3.61. The van der Waals surface area contributed by atoms with E-state index in [0.29, 0.717) is 5.69 Å². The van der Waals surface area contributed by atoms with Crippen molar-refractivity contribution < 1.29 is 14.5 Å². The highest BCUT2D eigenvalue weighted by Crippen LogP contribution is 2.24. The highest BCUT2D eigenvalue weighted by molar-refractivity contribution is 9.10. The van der Waals surface area contributed by atoms with Crippen molar-refractivity contribution in [1.29, 1.82) is 0 Å². The molecular formula is C18H19BrN5O2+. The van der Waals surface area contributed by atoms with E-state index in [2.05, 4.69) is 30.8 Å². The van der Waals surface area contributed by atoms with E-state index in [-0.39, 0.29) is 24.3 Å². The van der Waals surface area contributed by atoms with E-state index in [1.165, 1.54) is 4.90 Å². The van der Waals surface area contributed by atoms with Gasteiger partial charge in [0.15, 0.2) is 6.04 Å². The number of halogens is 1. The van der Waals surface area contributed by atoms with E-state index in [1.807, 2.05) is 12.1 Å². The molecule has 2 aromatic rings. The Hall–Kier alpha value is -2.32. The fraction of sp³-hybridized carbons (Fsp3) is 0.333. The van der Waals surface area contributed by atoms with Crippen LogP contribution < -0.4 is 14.7 Å². The van der Waals surface area contributed by atoms with Crippen LogP contribution >= 0.6 is 15.9 Å². The Morgan fingerprint density at radius 1 is 1.04 bits per heavy atom. The number of nitrogens with one attached hydrogen (secondary N) is 1. The van der Waals surface area contributed by atoms with Gasteiger partial charge < -0.3 is 9.80 Å². The van der Waals surface area contributed by atoms with Gasteiger partial charge >= 0.3 is 0 Å². The highest BCUT2D eigenvalue weighted by atomic mass is 79.9. The van der Waals surface area contributed by atoms with Gasteiger partial charge in [0.25, 0.3) is 5.91 Å². The summed E-state index contributed by atoms with van der Waals surface area (Å²) in [6.07, 6.45) is 3.74. The van der Waals surface area contributed by atoms with Crippen molar-refractivity contribution in [3.05, 3.63) is 47.2 Å². The molecule has 26 heavy (non-hydrogen) atoms. The van der Waals surface area contributed by atoms with Crippen LogP contribution in [0.15, 0.2) is 47.2 Å². The van der Waals surface area contributed by atoms with Crippen LogP contribution in [0.25, 0.3) is 0 Å². The molecule has 3 heterocycles. The molecular weight excluding hydrogens is 398 g/mol. The van der Waals surface area contributed by atoms with E-state index in [4.69, 9.17) is 0 Å². The third-order valence-corrected chi connectivity index (χ3v) is 5.49. The summed E-state index contributed by atoms with van der Waals surface area (Å²) in [4.78, 5) is 38.5. The van der Waals surface area contributed by atoms with Crippen LogP contribution in [0, 0.1) is 0 Å². The Morgan fingerprint density at radius 3 is 2.35 bits per heavy atom. The second-order valence-corrected chi connectivity index (χ2v) is 7.41. The molecule has 1 aromatic carbocycles. The molecule has 2 aliphatic heterocycles. The van der Waals surface area contributed by atoms with Gasteiger partial charge in [-0.2, -0.15) is 0 Å². The summed E-state index contributed by atoms with van der Waals surface area (Å²) in [6, 6.07) is 8.77. The minimum atomic E-state index is -0.301. The Bertz CT molecular complexity index is 806. The van der Waals surface area contributed by atoms with Crippen molar-refractivity contribution in [3.63, 3.8) is 0 Å². The Balaban J connectivity index is 1.44. The van der Waals surface area contributed by atoms with Gasteiger partial charge in [0.1, 0.15) is 0 Å². The number of piperazine rings is 1. The zero-order valence-corrected chi connectivity index (χ0v) is 15.7. The summed E-state index contributed by atoms with van der Waals surface area (Å²) >= 11 is 3.38. The quantitative estimate of drug-likeness (QED) is 0.727. The number of rotatable bonds is 3. The molecule has 0 unspecified atom stereocenters. The number of hydrogen-bond acceptors (Lipinski definition) is 5. The first-order chi connectivity index (χ1) is 12.6. The van der Waals surface area contributed by atoms with Crippen molar-refractivity contribution in [2.24, 2.45) is 0 Å². The van der Waals surface area contributed by atoms with Crippen LogP contribution in [0.5, 0.6) is 0 Å². The maximum atomic E-state index is 12.9. The highest BCUT2D eigenvalue weighted by Gasteiger charge is 2.46. The predicted molar refractivity (Wildman–Crippen MR) is 100.0 cm³/mol. The molecule has 2 fully saturated rings. The van der Waals surface area contributed by atoms with Gasteiger partial charge in [-0.05, 0) is 30.3 Å². The maximum absolute atomic E-state index is 12.9. The third-order valence-electron chi connectivity index (χ3n) is 4.96. The van der Waals surface area contributed by atoms with Crippen LogP contribution in [0.1, 0.15) is 6.42 Å². The van der Waals surface area contributed by atoms with E-state index in [9.17, 15) is 9.59 Å². The van der Waals surface area contributed by atoms with E-state index in [1.54, 1.807) is 30.6 Å². The molecule has 0 spiro atoms. The van der Waals surface area contributed by atoms with Gasteiger partial charge in [-0.25, -0.2) is 14.9 Å². The van der Waals surface area contributed by atoms with Crippen molar-refractivity contribution in [2.75, 3.05) is 36.0 Å². The first-order valence-electron chi connectivity index (χ1n) is 8.62. The van der Waals surface area contributed by atoms with Crippen LogP contribution in [0.4, 0.5) is 11.6 Å². The molecule has 8 heteroatoms. The molecule has 2 aliphatic rings. The SMILES string of the molecule is O=C1C[C@H]([NH+]2CCN(c3ncccn3)CC2)C(=O)N1c1ccc(Br)cc1. The molecule has 0 aliphatic carbocycles. The molecule has 0 bridgehead atoms. The van der Waals surface area contributed by atoms with Crippen molar-refractivity contribution >= 4 is 39.4 Å². The molecule has 4 rings (SSSR count). The number of carbonyl (C=O) groups is 2. The molecule has 1 aromatic heterocycles. The molecule has 134 valence electrons. The number of quaternary nitrogens is 1. The lowest BCUT2D eigenvalue weighted by Gasteiger charge is -2.34. The average molecular weight is 417 g/mol. The molecule has 0 saturated carbocycles. The molecule has 0 radical (unpaired) electrons. The number of anilines is 2.